The van der Waals surface area contributed by atoms with Crippen LogP contribution in [0.1, 0.15) is 30.4 Å². The van der Waals surface area contributed by atoms with E-state index in [0.29, 0.717) is 17.9 Å². The van der Waals surface area contributed by atoms with E-state index in [9.17, 15) is 18.0 Å². The van der Waals surface area contributed by atoms with Crippen LogP contribution in [0.5, 0.6) is 0 Å². The Labute approximate surface area is 137 Å². The number of benzene rings is 1. The number of hydrogen-bond acceptors (Lipinski definition) is 2. The van der Waals surface area contributed by atoms with E-state index < -0.39 is 11.7 Å². The van der Waals surface area contributed by atoms with Crippen LogP contribution in [-0.4, -0.2) is 41.2 Å². The first kappa shape index (κ1) is 16.5. The smallest absolute Gasteiger partial charge is 0.325 e. The molecule has 0 radical (unpaired) electrons. The molecule has 0 spiro atoms. The number of fused-ring (bicyclic) bond motifs is 1. The van der Waals surface area contributed by atoms with Crippen LogP contribution in [0, 0.1) is 0 Å². The second-order valence-electron chi connectivity index (χ2n) is 5.92. The summed E-state index contributed by atoms with van der Waals surface area (Å²) in [4.78, 5) is 17.0. The molecule has 23 heavy (non-hydrogen) atoms. The summed E-state index contributed by atoms with van der Waals surface area (Å²) < 4.78 is 38.7. The zero-order valence-corrected chi connectivity index (χ0v) is 13.6. The van der Waals surface area contributed by atoms with Gasteiger partial charge in [0.2, 0.25) is 0 Å². The summed E-state index contributed by atoms with van der Waals surface area (Å²) in [5, 5.41) is 0. The summed E-state index contributed by atoms with van der Waals surface area (Å²) in [5.41, 5.74) is -0.0585. The van der Waals surface area contributed by atoms with Gasteiger partial charge in [0.1, 0.15) is 0 Å². The normalized spacial score (nSPS) is 19.3. The highest BCUT2D eigenvalue weighted by atomic mass is 32.2. The molecule has 2 aliphatic rings. The van der Waals surface area contributed by atoms with Gasteiger partial charge in [-0.15, -0.1) is 11.8 Å². The lowest BCUT2D eigenvalue weighted by Gasteiger charge is -2.32. The number of likely N-dealkylation sites (tertiary alicyclic amines) is 1. The van der Waals surface area contributed by atoms with Crippen LogP contribution in [0.3, 0.4) is 0 Å². The molecule has 2 heterocycles. The maximum absolute atomic E-state index is 12.9. The zero-order valence-electron chi connectivity index (χ0n) is 12.7. The number of urea groups is 1. The van der Waals surface area contributed by atoms with E-state index >= 15 is 0 Å². The number of rotatable bonds is 0. The van der Waals surface area contributed by atoms with Crippen LogP contribution in [0.4, 0.5) is 18.0 Å². The Balaban J connectivity index is 1.80. The van der Waals surface area contributed by atoms with Crippen molar-refractivity contribution in [1.82, 2.24) is 9.80 Å². The predicted molar refractivity (Wildman–Crippen MR) is 83.4 cm³/mol. The SMILES string of the molecule is O=C(N1CCCCC1)N1CCSc2ccc(C(F)(F)F)cc2C1. The first-order valence-corrected chi connectivity index (χ1v) is 8.80. The highest BCUT2D eigenvalue weighted by Gasteiger charge is 2.32. The van der Waals surface area contributed by atoms with Gasteiger partial charge in [0.25, 0.3) is 0 Å². The van der Waals surface area contributed by atoms with Gasteiger partial charge in [-0.05, 0) is 43.0 Å². The minimum atomic E-state index is -4.35. The highest BCUT2D eigenvalue weighted by molar-refractivity contribution is 7.99. The molecular formula is C16H19F3N2OS. The quantitative estimate of drug-likeness (QED) is 0.703. The van der Waals surface area contributed by atoms with Crippen LogP contribution < -0.4 is 0 Å². The second-order valence-corrected chi connectivity index (χ2v) is 7.06. The largest absolute Gasteiger partial charge is 0.416 e. The van der Waals surface area contributed by atoms with Gasteiger partial charge in [-0.1, -0.05) is 0 Å². The van der Waals surface area contributed by atoms with E-state index in [4.69, 9.17) is 0 Å². The Hall–Kier alpha value is -1.37. The highest BCUT2D eigenvalue weighted by Crippen LogP contribution is 2.35. The molecule has 3 rings (SSSR count). The summed E-state index contributed by atoms with van der Waals surface area (Å²) >= 11 is 1.52. The number of alkyl halides is 3. The number of carbonyl (C=O) groups excluding carboxylic acids is 1. The third-order valence-electron chi connectivity index (χ3n) is 4.26. The van der Waals surface area contributed by atoms with Crippen molar-refractivity contribution < 1.29 is 18.0 Å². The van der Waals surface area contributed by atoms with Gasteiger partial charge in [0.05, 0.1) is 5.56 Å². The van der Waals surface area contributed by atoms with Crippen LogP contribution in [-0.2, 0) is 12.7 Å². The van der Waals surface area contributed by atoms with E-state index in [2.05, 4.69) is 0 Å². The Morgan fingerprint density at radius 2 is 1.78 bits per heavy atom. The van der Waals surface area contributed by atoms with E-state index in [0.717, 1.165) is 43.3 Å². The number of amides is 2. The lowest BCUT2D eigenvalue weighted by Crippen LogP contribution is -2.45. The van der Waals surface area contributed by atoms with E-state index in [1.165, 1.54) is 23.9 Å². The van der Waals surface area contributed by atoms with Gasteiger partial charge in [0.15, 0.2) is 0 Å². The van der Waals surface area contributed by atoms with Crippen molar-refractivity contribution in [2.45, 2.75) is 36.9 Å². The topological polar surface area (TPSA) is 23.6 Å². The number of piperidine rings is 1. The van der Waals surface area contributed by atoms with Crippen LogP contribution in [0.2, 0.25) is 0 Å². The molecular weight excluding hydrogens is 325 g/mol. The minimum Gasteiger partial charge on any atom is -0.325 e. The molecule has 0 unspecified atom stereocenters. The number of thioether (sulfide) groups is 1. The van der Waals surface area contributed by atoms with Crippen LogP contribution >= 0.6 is 11.8 Å². The molecule has 1 fully saturated rings. The van der Waals surface area contributed by atoms with Gasteiger partial charge in [-0.2, -0.15) is 13.2 Å². The number of carbonyl (C=O) groups is 1. The number of halogens is 3. The van der Waals surface area contributed by atoms with Crippen molar-refractivity contribution >= 4 is 17.8 Å². The molecule has 0 N–H and O–H groups in total. The molecule has 126 valence electrons. The summed E-state index contributed by atoms with van der Waals surface area (Å²) in [5.74, 6) is 0.706. The lowest BCUT2D eigenvalue weighted by molar-refractivity contribution is -0.137. The Morgan fingerprint density at radius 1 is 1.04 bits per heavy atom. The second kappa shape index (κ2) is 6.63. The lowest BCUT2D eigenvalue weighted by atomic mass is 10.1. The monoisotopic (exact) mass is 344 g/mol. The zero-order chi connectivity index (χ0) is 16.4. The Bertz CT molecular complexity index is 585. The molecule has 7 heteroatoms. The Morgan fingerprint density at radius 3 is 2.48 bits per heavy atom. The fraction of sp³-hybridized carbons (Fsp3) is 0.562. The van der Waals surface area contributed by atoms with E-state index in [1.54, 1.807) is 4.90 Å². The molecule has 0 aromatic heterocycles. The average Bonchev–Trinajstić information content (AvgIpc) is 2.75. The molecule has 0 atom stereocenters. The summed E-state index contributed by atoms with van der Waals surface area (Å²) in [7, 11) is 0. The van der Waals surface area contributed by atoms with Crippen molar-refractivity contribution in [1.29, 1.82) is 0 Å². The third kappa shape index (κ3) is 3.76. The standard InChI is InChI=1S/C16H19F3N2OS/c17-16(18,19)13-4-5-14-12(10-13)11-21(8-9-23-14)15(22)20-6-2-1-3-7-20/h4-5,10H,1-3,6-9,11H2. The van der Waals surface area contributed by atoms with Crippen molar-refractivity contribution in [3.8, 4) is 0 Å². The van der Waals surface area contributed by atoms with Crippen molar-refractivity contribution in [2.75, 3.05) is 25.4 Å². The molecule has 2 amide bonds. The predicted octanol–water partition coefficient (Wildman–Crippen LogP) is 4.22. The molecule has 1 saturated heterocycles. The molecule has 0 bridgehead atoms. The fourth-order valence-electron chi connectivity index (χ4n) is 3.02. The molecule has 0 saturated carbocycles. The Kier molecular flexibility index (Phi) is 4.75. The first-order valence-electron chi connectivity index (χ1n) is 7.82. The van der Waals surface area contributed by atoms with Crippen LogP contribution in [0.15, 0.2) is 23.1 Å². The number of hydrogen-bond donors (Lipinski definition) is 0. The molecule has 1 aromatic rings. The summed E-state index contributed by atoms with van der Waals surface area (Å²) in [6, 6.07) is 3.78. The van der Waals surface area contributed by atoms with Gasteiger partial charge in [-0.3, -0.25) is 0 Å². The van der Waals surface area contributed by atoms with Crippen molar-refractivity contribution in [3.05, 3.63) is 29.3 Å². The molecule has 0 aliphatic carbocycles. The molecule has 3 nitrogen and oxygen atoms in total. The van der Waals surface area contributed by atoms with Crippen LogP contribution in [0.25, 0.3) is 0 Å². The van der Waals surface area contributed by atoms with Gasteiger partial charge >= 0.3 is 12.2 Å². The maximum atomic E-state index is 12.9. The van der Waals surface area contributed by atoms with Gasteiger partial charge in [0, 0.05) is 36.8 Å². The average molecular weight is 344 g/mol. The van der Waals surface area contributed by atoms with E-state index in [-0.39, 0.29) is 12.6 Å². The van der Waals surface area contributed by atoms with E-state index in [1.807, 2.05) is 4.90 Å². The number of nitrogens with zero attached hydrogens (tertiary/aromatic N) is 2. The summed E-state index contributed by atoms with van der Waals surface area (Å²) in [6.45, 7) is 2.31. The minimum absolute atomic E-state index is 0.0458. The molecule has 1 aromatic carbocycles. The van der Waals surface area contributed by atoms with Crippen molar-refractivity contribution in [3.63, 3.8) is 0 Å². The summed E-state index contributed by atoms with van der Waals surface area (Å²) in [6.07, 6.45) is -1.21. The van der Waals surface area contributed by atoms with Gasteiger partial charge < -0.3 is 9.80 Å². The third-order valence-corrected chi connectivity index (χ3v) is 5.36. The van der Waals surface area contributed by atoms with Crippen molar-refractivity contribution in [2.24, 2.45) is 0 Å². The maximum Gasteiger partial charge on any atom is 0.416 e. The fourth-order valence-corrected chi connectivity index (χ4v) is 4.02. The first-order chi connectivity index (χ1) is 10.9. The molecule has 2 aliphatic heterocycles. The van der Waals surface area contributed by atoms with Gasteiger partial charge in [-0.25, -0.2) is 4.79 Å².